The predicted octanol–water partition coefficient (Wildman–Crippen LogP) is 2.93. The van der Waals surface area contributed by atoms with Crippen LogP contribution in [0, 0.1) is 12.3 Å². The Kier molecular flexibility index (Phi) is 6.29. The van der Waals surface area contributed by atoms with Crippen LogP contribution in [0.25, 0.3) is 0 Å². The number of carboxylic acid groups (broad SMARTS) is 1. The first-order valence-corrected chi connectivity index (χ1v) is 9.08. The first-order chi connectivity index (χ1) is 12.2. The zero-order chi connectivity index (χ0) is 19.4. The highest BCUT2D eigenvalue weighted by molar-refractivity contribution is 5.89. The van der Waals surface area contributed by atoms with Gasteiger partial charge in [0.05, 0.1) is 12.7 Å². The average Bonchev–Trinajstić information content (AvgIpc) is 2.57. The Balaban J connectivity index is 1.84. The summed E-state index contributed by atoms with van der Waals surface area (Å²) in [4.78, 5) is 24.2. The molecule has 0 saturated heterocycles. The topological polar surface area (TPSA) is 84.9 Å². The molecule has 2 atom stereocenters. The van der Waals surface area contributed by atoms with Crippen molar-refractivity contribution in [3.05, 3.63) is 29.8 Å². The molecule has 2 N–H and O–H groups in total. The molecule has 2 unspecified atom stereocenters. The normalized spacial score (nSPS) is 23.8. The Bertz CT molecular complexity index is 657. The second-order valence-corrected chi connectivity index (χ2v) is 7.40. The van der Waals surface area contributed by atoms with Crippen LogP contribution < -0.4 is 10.1 Å². The van der Waals surface area contributed by atoms with Gasteiger partial charge in [0.2, 0.25) is 5.91 Å². The lowest BCUT2D eigenvalue weighted by Gasteiger charge is -2.58. The summed E-state index contributed by atoms with van der Waals surface area (Å²) >= 11 is 0. The molecule has 1 saturated carbocycles. The summed E-state index contributed by atoms with van der Waals surface area (Å²) in [6.45, 7) is 8.44. The SMILES string of the molecule is CCOC1CC(NC(=O)CCCOc2cccc(C)c2)(C(=O)O)C1(C)C. The van der Waals surface area contributed by atoms with Crippen molar-refractivity contribution >= 4 is 11.9 Å². The Labute approximate surface area is 154 Å². The second-order valence-electron chi connectivity index (χ2n) is 7.40. The van der Waals surface area contributed by atoms with Crippen LogP contribution >= 0.6 is 0 Å². The van der Waals surface area contributed by atoms with Crippen molar-refractivity contribution in [1.82, 2.24) is 5.32 Å². The van der Waals surface area contributed by atoms with Gasteiger partial charge in [0.1, 0.15) is 11.3 Å². The molecule has 26 heavy (non-hydrogen) atoms. The number of rotatable bonds is 9. The van der Waals surface area contributed by atoms with E-state index >= 15 is 0 Å². The van der Waals surface area contributed by atoms with Crippen molar-refractivity contribution in [2.45, 2.75) is 58.6 Å². The first kappa shape index (κ1) is 20.2. The van der Waals surface area contributed by atoms with Crippen LogP contribution in [0.15, 0.2) is 24.3 Å². The molecule has 0 bridgehead atoms. The van der Waals surface area contributed by atoms with E-state index in [0.29, 0.717) is 19.6 Å². The molecule has 0 aromatic heterocycles. The molecule has 1 aromatic rings. The van der Waals surface area contributed by atoms with Gasteiger partial charge in [-0.3, -0.25) is 4.79 Å². The largest absolute Gasteiger partial charge is 0.494 e. The fourth-order valence-electron chi connectivity index (χ4n) is 3.47. The van der Waals surface area contributed by atoms with Crippen molar-refractivity contribution in [1.29, 1.82) is 0 Å². The highest BCUT2D eigenvalue weighted by Crippen LogP contribution is 2.51. The lowest BCUT2D eigenvalue weighted by Crippen LogP contribution is -2.76. The summed E-state index contributed by atoms with van der Waals surface area (Å²) in [5, 5.41) is 12.4. The van der Waals surface area contributed by atoms with E-state index in [-0.39, 0.29) is 24.9 Å². The summed E-state index contributed by atoms with van der Waals surface area (Å²) in [7, 11) is 0. The predicted molar refractivity (Wildman–Crippen MR) is 98.2 cm³/mol. The van der Waals surface area contributed by atoms with Crippen molar-refractivity contribution in [2.24, 2.45) is 5.41 Å². The number of benzene rings is 1. The number of carbonyl (C=O) groups is 2. The van der Waals surface area contributed by atoms with E-state index in [1.54, 1.807) is 0 Å². The minimum atomic E-state index is -1.28. The molecule has 144 valence electrons. The molecule has 1 aliphatic carbocycles. The zero-order valence-corrected chi connectivity index (χ0v) is 16.0. The Morgan fingerprint density at radius 1 is 1.35 bits per heavy atom. The van der Waals surface area contributed by atoms with Crippen LogP contribution in [0.2, 0.25) is 0 Å². The van der Waals surface area contributed by atoms with Gasteiger partial charge in [-0.15, -0.1) is 0 Å². The van der Waals surface area contributed by atoms with Crippen LogP contribution in [-0.4, -0.2) is 41.8 Å². The zero-order valence-electron chi connectivity index (χ0n) is 16.0. The Morgan fingerprint density at radius 3 is 2.65 bits per heavy atom. The molecule has 6 nitrogen and oxygen atoms in total. The number of hydrogen-bond donors (Lipinski definition) is 2. The third kappa shape index (κ3) is 4.01. The Morgan fingerprint density at radius 2 is 2.08 bits per heavy atom. The van der Waals surface area contributed by atoms with Crippen LogP contribution in [0.3, 0.4) is 0 Å². The molecule has 0 aliphatic heterocycles. The van der Waals surface area contributed by atoms with Gasteiger partial charge in [0.15, 0.2) is 0 Å². The molecule has 1 aromatic carbocycles. The molecule has 0 heterocycles. The van der Waals surface area contributed by atoms with Crippen molar-refractivity contribution < 1.29 is 24.2 Å². The summed E-state index contributed by atoms with van der Waals surface area (Å²) in [5.74, 6) is -0.516. The molecule has 0 spiro atoms. The van der Waals surface area contributed by atoms with E-state index < -0.39 is 16.9 Å². The van der Waals surface area contributed by atoms with Gasteiger partial charge < -0.3 is 19.9 Å². The van der Waals surface area contributed by atoms with Crippen LogP contribution in [0.5, 0.6) is 5.75 Å². The third-order valence-electron chi connectivity index (χ3n) is 5.29. The smallest absolute Gasteiger partial charge is 0.330 e. The molecule has 6 heteroatoms. The number of hydrogen-bond acceptors (Lipinski definition) is 4. The number of nitrogens with one attached hydrogen (secondary N) is 1. The number of amides is 1. The lowest BCUT2D eigenvalue weighted by molar-refractivity contribution is -0.194. The monoisotopic (exact) mass is 363 g/mol. The highest BCUT2D eigenvalue weighted by Gasteiger charge is 2.66. The highest BCUT2D eigenvalue weighted by atomic mass is 16.5. The molecule has 1 fully saturated rings. The Hall–Kier alpha value is -2.08. The van der Waals surface area contributed by atoms with E-state index in [0.717, 1.165) is 11.3 Å². The van der Waals surface area contributed by atoms with Crippen LogP contribution in [-0.2, 0) is 14.3 Å². The molecule has 2 rings (SSSR count). The fraction of sp³-hybridized carbons (Fsp3) is 0.600. The van der Waals surface area contributed by atoms with Gasteiger partial charge in [-0.25, -0.2) is 4.79 Å². The van der Waals surface area contributed by atoms with Crippen molar-refractivity contribution in [3.63, 3.8) is 0 Å². The standard InChI is InChI=1S/C20H29NO5/c1-5-25-16-13-20(18(23)24,19(16,3)4)21-17(22)10-7-11-26-15-9-6-8-14(2)12-15/h6,8-9,12,16H,5,7,10-11,13H2,1-4H3,(H,21,22)(H,23,24). The van der Waals surface area contributed by atoms with Crippen LogP contribution in [0.4, 0.5) is 0 Å². The molecule has 0 radical (unpaired) electrons. The maximum absolute atomic E-state index is 12.3. The van der Waals surface area contributed by atoms with Gasteiger partial charge in [0, 0.05) is 24.9 Å². The summed E-state index contributed by atoms with van der Waals surface area (Å²) in [6, 6.07) is 7.71. The minimum Gasteiger partial charge on any atom is -0.494 e. The van der Waals surface area contributed by atoms with E-state index in [1.165, 1.54) is 0 Å². The maximum Gasteiger partial charge on any atom is 0.330 e. The van der Waals surface area contributed by atoms with Gasteiger partial charge in [0.25, 0.3) is 0 Å². The second kappa shape index (κ2) is 8.08. The van der Waals surface area contributed by atoms with Crippen LogP contribution in [0.1, 0.15) is 45.6 Å². The first-order valence-electron chi connectivity index (χ1n) is 9.08. The number of aliphatic carboxylic acids is 1. The third-order valence-corrected chi connectivity index (χ3v) is 5.29. The maximum atomic E-state index is 12.3. The summed E-state index contributed by atoms with van der Waals surface area (Å²) in [5.41, 5.74) is -0.830. The molecule has 1 amide bonds. The van der Waals surface area contributed by atoms with Crippen molar-refractivity contribution in [3.8, 4) is 5.75 Å². The fourth-order valence-corrected chi connectivity index (χ4v) is 3.47. The van der Waals surface area contributed by atoms with E-state index in [2.05, 4.69) is 5.32 Å². The quantitative estimate of drug-likeness (QED) is 0.659. The van der Waals surface area contributed by atoms with E-state index in [9.17, 15) is 14.7 Å². The molecular formula is C20H29NO5. The van der Waals surface area contributed by atoms with E-state index in [4.69, 9.17) is 9.47 Å². The number of carbonyl (C=O) groups excluding carboxylic acids is 1. The molecule has 1 aliphatic rings. The molecular weight excluding hydrogens is 334 g/mol. The minimum absolute atomic E-state index is 0.173. The number of carboxylic acids is 1. The average molecular weight is 363 g/mol. The van der Waals surface area contributed by atoms with Gasteiger partial charge >= 0.3 is 5.97 Å². The number of ether oxygens (including phenoxy) is 2. The van der Waals surface area contributed by atoms with Gasteiger partial charge in [-0.05, 0) is 38.0 Å². The van der Waals surface area contributed by atoms with E-state index in [1.807, 2.05) is 52.0 Å². The van der Waals surface area contributed by atoms with Crippen molar-refractivity contribution in [2.75, 3.05) is 13.2 Å². The van der Waals surface area contributed by atoms with Gasteiger partial charge in [-0.1, -0.05) is 26.0 Å². The van der Waals surface area contributed by atoms with Gasteiger partial charge in [-0.2, -0.15) is 0 Å². The summed E-state index contributed by atoms with van der Waals surface area (Å²) in [6.07, 6.45) is 0.851. The summed E-state index contributed by atoms with van der Waals surface area (Å²) < 4.78 is 11.2. The number of aryl methyl sites for hydroxylation is 1. The lowest BCUT2D eigenvalue weighted by atomic mass is 9.54.